The molecule has 1 atom stereocenters. The highest BCUT2D eigenvalue weighted by Gasteiger charge is 2.44. The van der Waals surface area contributed by atoms with Gasteiger partial charge in [0.2, 0.25) is 0 Å². The monoisotopic (exact) mass is 413 g/mol. The predicted octanol–water partition coefficient (Wildman–Crippen LogP) is 3.03. The third kappa shape index (κ3) is 3.81. The summed E-state index contributed by atoms with van der Waals surface area (Å²) in [6, 6.07) is 11.5. The Kier molecular flexibility index (Phi) is 5.32. The molecule has 30 heavy (non-hydrogen) atoms. The SMILES string of the molecule is CC1(C)CN(C(=O)c2ccccc2F)CC2CN(C(=O)c3ccc(F)cc3)CCN21. The van der Waals surface area contributed by atoms with Crippen LogP contribution in [0.25, 0.3) is 0 Å². The van der Waals surface area contributed by atoms with E-state index in [1.54, 1.807) is 21.9 Å². The van der Waals surface area contributed by atoms with Gasteiger partial charge >= 0.3 is 0 Å². The minimum Gasteiger partial charge on any atom is -0.336 e. The van der Waals surface area contributed by atoms with Crippen LogP contribution >= 0.6 is 0 Å². The number of benzene rings is 2. The summed E-state index contributed by atoms with van der Waals surface area (Å²) >= 11 is 0. The quantitative estimate of drug-likeness (QED) is 0.760. The molecular formula is C23H25F2N3O2. The molecule has 4 rings (SSSR count). The molecule has 0 radical (unpaired) electrons. The number of rotatable bonds is 2. The van der Waals surface area contributed by atoms with Gasteiger partial charge in [0, 0.05) is 49.9 Å². The molecule has 158 valence electrons. The van der Waals surface area contributed by atoms with Gasteiger partial charge in [-0.1, -0.05) is 12.1 Å². The van der Waals surface area contributed by atoms with Crippen molar-refractivity contribution in [2.45, 2.75) is 25.4 Å². The minimum absolute atomic E-state index is 0.0531. The van der Waals surface area contributed by atoms with E-state index in [9.17, 15) is 18.4 Å². The number of amides is 2. The minimum atomic E-state index is -0.528. The van der Waals surface area contributed by atoms with Crippen LogP contribution in [0.4, 0.5) is 8.78 Å². The first-order chi connectivity index (χ1) is 14.3. The highest BCUT2D eigenvalue weighted by Crippen LogP contribution is 2.29. The second-order valence-electron chi connectivity index (χ2n) is 8.58. The van der Waals surface area contributed by atoms with Crippen LogP contribution in [0.15, 0.2) is 48.5 Å². The van der Waals surface area contributed by atoms with Crippen molar-refractivity contribution in [1.82, 2.24) is 14.7 Å². The van der Waals surface area contributed by atoms with Gasteiger partial charge in [-0.05, 0) is 50.2 Å². The number of hydrogen-bond donors (Lipinski definition) is 0. The molecule has 2 aromatic rings. The number of carbonyl (C=O) groups is 2. The number of carbonyl (C=O) groups excluding carboxylic acids is 2. The lowest BCUT2D eigenvalue weighted by atomic mass is 9.92. The molecule has 0 saturated carbocycles. The summed E-state index contributed by atoms with van der Waals surface area (Å²) in [6.07, 6.45) is 0. The van der Waals surface area contributed by atoms with E-state index in [0.717, 1.165) is 0 Å². The Hall–Kier alpha value is -2.80. The van der Waals surface area contributed by atoms with Gasteiger partial charge in [-0.2, -0.15) is 0 Å². The van der Waals surface area contributed by atoms with Crippen molar-refractivity contribution >= 4 is 11.8 Å². The lowest BCUT2D eigenvalue weighted by molar-refractivity contribution is -0.0508. The molecule has 0 aromatic heterocycles. The molecular weight excluding hydrogens is 388 g/mol. The fourth-order valence-electron chi connectivity index (χ4n) is 4.60. The molecule has 2 aliphatic rings. The lowest BCUT2D eigenvalue weighted by Gasteiger charge is -2.55. The van der Waals surface area contributed by atoms with E-state index in [-0.39, 0.29) is 34.8 Å². The van der Waals surface area contributed by atoms with Gasteiger partial charge in [0.15, 0.2) is 0 Å². The van der Waals surface area contributed by atoms with E-state index in [2.05, 4.69) is 18.7 Å². The van der Waals surface area contributed by atoms with Crippen LogP contribution in [-0.4, -0.2) is 70.8 Å². The zero-order valence-corrected chi connectivity index (χ0v) is 17.1. The molecule has 2 fully saturated rings. The van der Waals surface area contributed by atoms with Crippen LogP contribution in [0.2, 0.25) is 0 Å². The highest BCUT2D eigenvalue weighted by atomic mass is 19.1. The van der Waals surface area contributed by atoms with Crippen molar-refractivity contribution in [2.24, 2.45) is 0 Å². The van der Waals surface area contributed by atoms with Crippen molar-refractivity contribution in [2.75, 3.05) is 32.7 Å². The second-order valence-corrected chi connectivity index (χ2v) is 8.58. The Bertz CT molecular complexity index is 961. The molecule has 7 heteroatoms. The van der Waals surface area contributed by atoms with Crippen LogP contribution in [0.3, 0.4) is 0 Å². The highest BCUT2D eigenvalue weighted by molar-refractivity contribution is 5.95. The Morgan fingerprint density at radius 3 is 2.27 bits per heavy atom. The standard InChI is InChI=1S/C23H25F2N3O2/c1-23(2)15-27(22(30)19-5-3-4-6-20(19)25)14-18-13-26(11-12-28(18)23)21(29)16-7-9-17(24)10-8-16/h3-10,18H,11-15H2,1-2H3. The maximum absolute atomic E-state index is 14.2. The second kappa shape index (κ2) is 7.80. The van der Waals surface area contributed by atoms with Crippen LogP contribution in [-0.2, 0) is 0 Å². The molecule has 2 saturated heterocycles. The van der Waals surface area contributed by atoms with Crippen LogP contribution in [0.5, 0.6) is 0 Å². The molecule has 0 bridgehead atoms. The van der Waals surface area contributed by atoms with Gasteiger partial charge in [-0.25, -0.2) is 8.78 Å². The molecule has 5 nitrogen and oxygen atoms in total. The van der Waals surface area contributed by atoms with Gasteiger partial charge in [0.25, 0.3) is 11.8 Å². The van der Waals surface area contributed by atoms with Gasteiger partial charge in [0.05, 0.1) is 5.56 Å². The van der Waals surface area contributed by atoms with Crippen molar-refractivity contribution in [3.05, 3.63) is 71.3 Å². The topological polar surface area (TPSA) is 43.9 Å². The Morgan fingerprint density at radius 1 is 0.900 bits per heavy atom. The Morgan fingerprint density at radius 2 is 1.57 bits per heavy atom. The summed E-state index contributed by atoms with van der Waals surface area (Å²) in [5, 5.41) is 0. The summed E-state index contributed by atoms with van der Waals surface area (Å²) in [5.74, 6) is -1.39. The van der Waals surface area contributed by atoms with Crippen molar-refractivity contribution in [1.29, 1.82) is 0 Å². The van der Waals surface area contributed by atoms with E-state index in [4.69, 9.17) is 0 Å². The first-order valence-corrected chi connectivity index (χ1v) is 10.1. The number of halogens is 2. The largest absolute Gasteiger partial charge is 0.336 e. The number of hydrogen-bond acceptors (Lipinski definition) is 3. The average molecular weight is 413 g/mol. The zero-order chi connectivity index (χ0) is 21.5. The lowest BCUT2D eigenvalue weighted by Crippen LogP contribution is -2.70. The molecule has 2 aliphatic heterocycles. The fourth-order valence-corrected chi connectivity index (χ4v) is 4.60. The zero-order valence-electron chi connectivity index (χ0n) is 17.1. The number of nitrogens with zero attached hydrogens (tertiary/aromatic N) is 3. The van der Waals surface area contributed by atoms with Crippen molar-refractivity contribution < 1.29 is 18.4 Å². The first kappa shape index (κ1) is 20.5. The van der Waals surface area contributed by atoms with Gasteiger partial charge < -0.3 is 9.80 Å². The molecule has 1 unspecified atom stereocenters. The first-order valence-electron chi connectivity index (χ1n) is 10.1. The summed E-state index contributed by atoms with van der Waals surface area (Å²) in [5.41, 5.74) is 0.213. The number of fused-ring (bicyclic) bond motifs is 1. The predicted molar refractivity (Wildman–Crippen MR) is 109 cm³/mol. The Balaban J connectivity index is 1.53. The normalized spacial score (nSPS) is 21.3. The van der Waals surface area contributed by atoms with Crippen molar-refractivity contribution in [3.63, 3.8) is 0 Å². The van der Waals surface area contributed by atoms with Gasteiger partial charge in [0.1, 0.15) is 11.6 Å². The molecule has 2 heterocycles. The summed E-state index contributed by atoms with van der Waals surface area (Å²) in [7, 11) is 0. The van der Waals surface area contributed by atoms with Gasteiger partial charge in [-0.3, -0.25) is 14.5 Å². The average Bonchev–Trinajstić information content (AvgIpc) is 2.72. The molecule has 0 spiro atoms. The van der Waals surface area contributed by atoms with Crippen LogP contribution < -0.4 is 0 Å². The maximum Gasteiger partial charge on any atom is 0.256 e. The third-order valence-electron chi connectivity index (χ3n) is 6.04. The third-order valence-corrected chi connectivity index (χ3v) is 6.04. The molecule has 0 aliphatic carbocycles. The van der Waals surface area contributed by atoms with Crippen molar-refractivity contribution in [3.8, 4) is 0 Å². The summed E-state index contributed by atoms with van der Waals surface area (Å²) in [4.78, 5) is 31.6. The molecule has 0 N–H and O–H groups in total. The summed E-state index contributed by atoms with van der Waals surface area (Å²) in [6.45, 7) is 6.76. The van der Waals surface area contributed by atoms with E-state index in [1.165, 1.54) is 36.4 Å². The van der Waals surface area contributed by atoms with E-state index in [0.29, 0.717) is 38.3 Å². The maximum atomic E-state index is 14.2. The summed E-state index contributed by atoms with van der Waals surface area (Å²) < 4.78 is 27.4. The fraction of sp³-hybridized carbons (Fsp3) is 0.391. The van der Waals surface area contributed by atoms with E-state index in [1.807, 2.05) is 0 Å². The van der Waals surface area contributed by atoms with Crippen LogP contribution in [0.1, 0.15) is 34.6 Å². The Labute approximate surface area is 174 Å². The van der Waals surface area contributed by atoms with E-state index >= 15 is 0 Å². The smallest absolute Gasteiger partial charge is 0.256 e. The van der Waals surface area contributed by atoms with Gasteiger partial charge in [-0.15, -0.1) is 0 Å². The molecule has 2 amide bonds. The number of piperazine rings is 2. The van der Waals surface area contributed by atoms with E-state index < -0.39 is 5.82 Å². The molecule has 2 aromatic carbocycles. The van der Waals surface area contributed by atoms with Crippen LogP contribution in [0, 0.1) is 11.6 Å².